The second kappa shape index (κ2) is 7.20. The minimum absolute atomic E-state index is 0.380. The number of piperidine rings is 1. The number of ether oxygens (including phenoxy) is 1. The number of benzene rings is 1. The maximum atomic E-state index is 11.5. The molecule has 2 aliphatic rings. The zero-order valence-electron chi connectivity index (χ0n) is 17.8. The van der Waals surface area contributed by atoms with Crippen LogP contribution in [0.25, 0.3) is 0 Å². The van der Waals surface area contributed by atoms with Crippen LogP contribution in [0.15, 0.2) is 24.3 Å². The number of rotatable bonds is 5. The van der Waals surface area contributed by atoms with Gasteiger partial charge in [-0.3, -0.25) is 9.58 Å². The molecule has 5 nitrogen and oxygen atoms in total. The van der Waals surface area contributed by atoms with Crippen molar-refractivity contribution in [1.29, 1.82) is 0 Å². The maximum Gasteiger partial charge on any atom is 0.118 e. The van der Waals surface area contributed by atoms with Gasteiger partial charge in [-0.15, -0.1) is 0 Å². The molecule has 0 aliphatic carbocycles. The third-order valence-electron chi connectivity index (χ3n) is 6.85. The van der Waals surface area contributed by atoms with Gasteiger partial charge < -0.3 is 9.84 Å². The van der Waals surface area contributed by atoms with E-state index in [-0.39, 0.29) is 0 Å². The molecule has 0 radical (unpaired) electrons. The van der Waals surface area contributed by atoms with Crippen molar-refractivity contribution in [1.82, 2.24) is 14.7 Å². The van der Waals surface area contributed by atoms with Gasteiger partial charge in [0.25, 0.3) is 0 Å². The Kier molecular flexibility index (Phi) is 5.00. The van der Waals surface area contributed by atoms with Gasteiger partial charge in [-0.1, -0.05) is 12.1 Å². The van der Waals surface area contributed by atoms with Crippen LogP contribution in [0.3, 0.4) is 0 Å². The van der Waals surface area contributed by atoms with Crippen molar-refractivity contribution >= 4 is 0 Å². The highest BCUT2D eigenvalue weighted by Gasteiger charge is 2.48. The summed E-state index contributed by atoms with van der Waals surface area (Å²) < 4.78 is 7.41. The smallest absolute Gasteiger partial charge is 0.118 e. The monoisotopic (exact) mass is 383 g/mol. The Balaban J connectivity index is 1.54. The van der Waals surface area contributed by atoms with Crippen molar-refractivity contribution in [3.05, 3.63) is 46.8 Å². The van der Waals surface area contributed by atoms with Gasteiger partial charge in [0, 0.05) is 35.9 Å². The molecule has 152 valence electrons. The van der Waals surface area contributed by atoms with Gasteiger partial charge >= 0.3 is 0 Å². The fraction of sp³-hybridized carbons (Fsp3) is 0.609. The van der Waals surface area contributed by atoms with Crippen molar-refractivity contribution in [2.24, 2.45) is 0 Å². The summed E-state index contributed by atoms with van der Waals surface area (Å²) in [4.78, 5) is 2.62. The largest absolute Gasteiger partial charge is 0.497 e. The van der Waals surface area contributed by atoms with E-state index in [1.54, 1.807) is 7.11 Å². The molecule has 1 aromatic carbocycles. The lowest BCUT2D eigenvalue weighted by molar-refractivity contribution is -0.0596. The van der Waals surface area contributed by atoms with E-state index in [0.29, 0.717) is 18.1 Å². The lowest BCUT2D eigenvalue weighted by Gasteiger charge is -2.44. The van der Waals surface area contributed by atoms with Crippen molar-refractivity contribution < 1.29 is 9.84 Å². The Morgan fingerprint density at radius 1 is 1.14 bits per heavy atom. The van der Waals surface area contributed by atoms with Gasteiger partial charge in [0.15, 0.2) is 0 Å². The highest BCUT2D eigenvalue weighted by atomic mass is 16.5. The summed E-state index contributed by atoms with van der Waals surface area (Å²) in [5, 5.41) is 16.2. The highest BCUT2D eigenvalue weighted by molar-refractivity contribution is 5.32. The number of nitrogens with zero attached hydrogens (tertiary/aromatic N) is 3. The molecule has 2 aliphatic heterocycles. The Morgan fingerprint density at radius 3 is 2.25 bits per heavy atom. The molecular formula is C23H33N3O2. The van der Waals surface area contributed by atoms with Crippen LogP contribution in [-0.2, 0) is 12.1 Å². The van der Waals surface area contributed by atoms with Crippen LogP contribution < -0.4 is 4.74 Å². The standard InChI is InChI=1S/C23H33N3O2/c1-15(2)26-17(4)22(16(3)24-26)14-25-19-8-9-20(25)13-23(27,12-19)18-6-10-21(28-5)11-7-18/h6-7,10-11,15,19-20,27H,8-9,12-14H2,1-5H3/t19-,20-/m1/s1. The first-order chi connectivity index (χ1) is 13.3. The van der Waals surface area contributed by atoms with Gasteiger partial charge in [-0.25, -0.2) is 0 Å². The van der Waals surface area contributed by atoms with Gasteiger partial charge in [-0.2, -0.15) is 5.10 Å². The molecule has 0 amide bonds. The molecule has 5 heteroatoms. The molecule has 4 rings (SSSR count). The van der Waals surface area contributed by atoms with Crippen molar-refractivity contribution in [2.75, 3.05) is 7.11 Å². The van der Waals surface area contributed by atoms with Crippen molar-refractivity contribution in [3.63, 3.8) is 0 Å². The van der Waals surface area contributed by atoms with E-state index in [0.717, 1.165) is 36.4 Å². The number of hydrogen-bond donors (Lipinski definition) is 1. The Hall–Kier alpha value is -1.85. The average Bonchev–Trinajstić information content (AvgIpc) is 3.09. The summed E-state index contributed by atoms with van der Waals surface area (Å²) >= 11 is 0. The van der Waals surface area contributed by atoms with E-state index in [9.17, 15) is 5.11 Å². The molecule has 2 bridgehead atoms. The molecule has 2 aromatic rings. The van der Waals surface area contributed by atoms with E-state index in [2.05, 4.69) is 37.3 Å². The molecule has 3 heterocycles. The first kappa shape index (κ1) is 19.5. The summed E-state index contributed by atoms with van der Waals surface area (Å²) in [5.41, 5.74) is 4.07. The molecule has 0 unspecified atom stereocenters. The van der Waals surface area contributed by atoms with Crippen LogP contribution in [0.1, 0.15) is 68.1 Å². The SMILES string of the molecule is COc1ccc(C2(O)C[C@H]3CC[C@H](C2)N3Cc2c(C)nn(C(C)C)c2C)cc1. The van der Waals surface area contributed by atoms with Crippen LogP contribution >= 0.6 is 0 Å². The lowest BCUT2D eigenvalue weighted by atomic mass is 9.80. The molecule has 2 atom stereocenters. The van der Waals surface area contributed by atoms with Crippen LogP contribution in [0.2, 0.25) is 0 Å². The fourth-order valence-corrected chi connectivity index (χ4v) is 5.32. The van der Waals surface area contributed by atoms with E-state index >= 15 is 0 Å². The Bertz CT molecular complexity index is 826. The predicted molar refractivity (Wildman–Crippen MR) is 111 cm³/mol. The van der Waals surface area contributed by atoms with Crippen LogP contribution in [0.4, 0.5) is 0 Å². The second-order valence-electron chi connectivity index (χ2n) is 8.91. The van der Waals surface area contributed by atoms with E-state index in [1.807, 2.05) is 24.3 Å². The summed E-state index contributed by atoms with van der Waals surface area (Å²) in [7, 11) is 1.67. The number of fused-ring (bicyclic) bond motifs is 2. The van der Waals surface area contributed by atoms with Crippen molar-refractivity contribution in [2.45, 2.75) is 83.6 Å². The predicted octanol–water partition coefficient (Wildman–Crippen LogP) is 4.10. The van der Waals surface area contributed by atoms with Crippen LogP contribution in [-0.4, -0.2) is 39.0 Å². The number of methoxy groups -OCH3 is 1. The first-order valence-corrected chi connectivity index (χ1v) is 10.5. The highest BCUT2D eigenvalue weighted by Crippen LogP contribution is 2.46. The lowest BCUT2D eigenvalue weighted by Crippen LogP contribution is -2.49. The molecule has 1 N–H and O–H groups in total. The molecule has 0 spiro atoms. The van der Waals surface area contributed by atoms with Gasteiger partial charge in [0.2, 0.25) is 0 Å². The van der Waals surface area contributed by atoms with E-state index < -0.39 is 5.60 Å². The molecule has 0 saturated carbocycles. The average molecular weight is 384 g/mol. The molecule has 2 fully saturated rings. The second-order valence-corrected chi connectivity index (χ2v) is 8.91. The topological polar surface area (TPSA) is 50.5 Å². The fourth-order valence-electron chi connectivity index (χ4n) is 5.32. The first-order valence-electron chi connectivity index (χ1n) is 10.5. The zero-order chi connectivity index (χ0) is 20.1. The van der Waals surface area contributed by atoms with Gasteiger partial charge in [0.1, 0.15) is 5.75 Å². The molecule has 2 saturated heterocycles. The van der Waals surface area contributed by atoms with Crippen LogP contribution in [0, 0.1) is 13.8 Å². The van der Waals surface area contributed by atoms with E-state index in [4.69, 9.17) is 9.84 Å². The normalized spacial score (nSPS) is 27.5. The van der Waals surface area contributed by atoms with Gasteiger partial charge in [0.05, 0.1) is 18.4 Å². The summed E-state index contributed by atoms with van der Waals surface area (Å²) in [6.45, 7) is 9.62. The zero-order valence-corrected chi connectivity index (χ0v) is 17.8. The minimum Gasteiger partial charge on any atom is -0.497 e. The van der Waals surface area contributed by atoms with Gasteiger partial charge in [-0.05, 0) is 71.1 Å². The molecule has 1 aromatic heterocycles. The number of hydrogen-bond acceptors (Lipinski definition) is 4. The Morgan fingerprint density at radius 2 is 1.75 bits per heavy atom. The molecular weight excluding hydrogens is 350 g/mol. The third kappa shape index (κ3) is 3.25. The quantitative estimate of drug-likeness (QED) is 0.844. The number of aryl methyl sites for hydroxylation is 1. The summed E-state index contributed by atoms with van der Waals surface area (Å²) in [6.07, 6.45) is 3.93. The number of aromatic nitrogens is 2. The van der Waals surface area contributed by atoms with Crippen molar-refractivity contribution in [3.8, 4) is 5.75 Å². The minimum atomic E-state index is -0.735. The van der Waals surface area contributed by atoms with E-state index in [1.165, 1.54) is 24.1 Å². The summed E-state index contributed by atoms with van der Waals surface area (Å²) in [5.74, 6) is 0.834. The maximum absolute atomic E-state index is 11.5. The third-order valence-corrected chi connectivity index (χ3v) is 6.85. The van der Waals surface area contributed by atoms with Crippen LogP contribution in [0.5, 0.6) is 5.75 Å². The molecule has 28 heavy (non-hydrogen) atoms. The summed E-state index contributed by atoms with van der Waals surface area (Å²) in [6, 6.07) is 9.18. The Labute approximate surface area is 168 Å². The number of aliphatic hydroxyl groups is 1.